The van der Waals surface area contributed by atoms with Crippen LogP contribution in [0.3, 0.4) is 0 Å². The third-order valence-corrected chi connectivity index (χ3v) is 3.08. The second-order valence-corrected chi connectivity index (χ2v) is 4.31. The van der Waals surface area contributed by atoms with Crippen LogP contribution in [0.15, 0.2) is 30.3 Å². The number of nitrogens with zero attached hydrogens (tertiary/aromatic N) is 3. The van der Waals surface area contributed by atoms with Crippen molar-refractivity contribution in [1.29, 1.82) is 5.26 Å². The Labute approximate surface area is 102 Å². The second kappa shape index (κ2) is 4.61. The Kier molecular flexibility index (Phi) is 3.00. The summed E-state index contributed by atoms with van der Waals surface area (Å²) in [7, 11) is 0. The summed E-state index contributed by atoms with van der Waals surface area (Å²) in [5.74, 6) is 0. The van der Waals surface area contributed by atoms with Crippen molar-refractivity contribution in [2.45, 2.75) is 0 Å². The molecule has 0 N–H and O–H groups in total. The Morgan fingerprint density at radius 2 is 2.12 bits per heavy atom. The largest absolute Gasteiger partial charge is 0.296 e. The van der Waals surface area contributed by atoms with Crippen molar-refractivity contribution in [2.75, 3.05) is 0 Å². The molecule has 2 rings (SSSR count). The molecule has 1 aromatic heterocycles. The Morgan fingerprint density at radius 1 is 1.41 bits per heavy atom. The van der Waals surface area contributed by atoms with E-state index in [4.69, 9.17) is 11.8 Å². The summed E-state index contributed by atoms with van der Waals surface area (Å²) >= 11 is 1.27. The highest BCUT2D eigenvalue weighted by molar-refractivity contribution is 7.07. The molecule has 2 aromatic rings. The number of thiazole rings is 1. The van der Waals surface area contributed by atoms with Crippen LogP contribution < -0.4 is 9.20 Å². The van der Waals surface area contributed by atoms with Gasteiger partial charge in [-0.1, -0.05) is 36.9 Å². The minimum atomic E-state index is 0.0158. The summed E-state index contributed by atoms with van der Waals surface area (Å²) in [6.07, 6.45) is 0. The molecule has 1 aromatic carbocycles. The molecular weight excluding hydrogens is 230 g/mol. The molecule has 17 heavy (non-hydrogen) atoms. The molecule has 0 aliphatic carbocycles. The molecule has 0 unspecified atom stereocenters. The Balaban J connectivity index is 2.71. The van der Waals surface area contributed by atoms with Crippen LogP contribution in [-0.2, 0) is 0 Å². The maximum atomic E-state index is 8.80. The molecule has 0 aliphatic rings. The van der Waals surface area contributed by atoms with Crippen LogP contribution in [-0.4, -0.2) is 4.98 Å². The van der Waals surface area contributed by atoms with Crippen molar-refractivity contribution in [3.63, 3.8) is 0 Å². The third kappa shape index (κ3) is 2.08. The lowest BCUT2D eigenvalue weighted by Gasteiger charge is -1.93. The monoisotopic (exact) mass is 237 g/mol. The summed E-state index contributed by atoms with van der Waals surface area (Å²) < 4.78 is 1.20. The fourth-order valence-electron chi connectivity index (χ4n) is 1.40. The zero-order valence-electron chi connectivity index (χ0n) is 8.84. The predicted octanol–water partition coefficient (Wildman–Crippen LogP) is 1.77. The van der Waals surface area contributed by atoms with Crippen LogP contribution in [0.2, 0.25) is 0 Å². The summed E-state index contributed by atoms with van der Waals surface area (Å²) in [6.45, 7) is 10.8. The maximum Gasteiger partial charge on any atom is 0.296 e. The summed E-state index contributed by atoms with van der Waals surface area (Å²) in [5, 5.41) is 8.80. The topological polar surface area (TPSA) is 41.0 Å². The molecule has 0 atom stereocenters. The van der Waals surface area contributed by atoms with E-state index in [1.807, 2.05) is 36.4 Å². The van der Waals surface area contributed by atoms with Gasteiger partial charge in [-0.15, -0.1) is 11.3 Å². The molecule has 1 heterocycles. The van der Waals surface area contributed by atoms with Gasteiger partial charge < -0.3 is 0 Å². The van der Waals surface area contributed by atoms with Crippen LogP contribution in [0, 0.1) is 17.9 Å². The average molecular weight is 237 g/mol. The van der Waals surface area contributed by atoms with Crippen LogP contribution in [0.4, 0.5) is 0 Å². The smallest absolute Gasteiger partial charge is 0.247 e. The van der Waals surface area contributed by atoms with Crippen LogP contribution in [0.5, 0.6) is 0 Å². The second-order valence-electron chi connectivity index (χ2n) is 3.23. The first-order valence-electron chi connectivity index (χ1n) is 4.79. The highest BCUT2D eigenvalue weighted by Crippen LogP contribution is 2.11. The van der Waals surface area contributed by atoms with E-state index in [2.05, 4.69) is 16.4 Å². The van der Waals surface area contributed by atoms with Gasteiger partial charge in [0, 0.05) is 10.1 Å². The molecule has 3 nitrogen and oxygen atoms in total. The van der Waals surface area contributed by atoms with Crippen LogP contribution in [0.1, 0.15) is 0 Å². The van der Waals surface area contributed by atoms with Crippen molar-refractivity contribution >= 4 is 23.6 Å². The molecule has 0 fully saturated rings. The van der Waals surface area contributed by atoms with Gasteiger partial charge in [-0.2, -0.15) is 0 Å². The minimum Gasteiger partial charge on any atom is -0.247 e. The molecule has 0 aliphatic heterocycles. The van der Waals surface area contributed by atoms with Crippen molar-refractivity contribution in [1.82, 2.24) is 4.98 Å². The quantitative estimate of drug-likeness (QED) is 0.709. The molecule has 0 amide bonds. The van der Waals surface area contributed by atoms with Crippen molar-refractivity contribution in [3.05, 3.63) is 50.9 Å². The van der Waals surface area contributed by atoms with Gasteiger partial charge in [0.2, 0.25) is 0 Å². The first kappa shape index (κ1) is 11.1. The van der Waals surface area contributed by atoms with Crippen LogP contribution >= 0.6 is 11.3 Å². The van der Waals surface area contributed by atoms with Crippen molar-refractivity contribution in [3.8, 4) is 17.3 Å². The summed E-state index contributed by atoms with van der Waals surface area (Å²) in [5.41, 5.74) is 1.70. The number of rotatable bonds is 1. The SMILES string of the molecule is [C-]#[N+]C(C#N)=c1nc(-c2ccccc2)c(=C)s1. The molecule has 0 bridgehead atoms. The number of aromatic nitrogens is 1. The van der Waals surface area contributed by atoms with Gasteiger partial charge in [0.15, 0.2) is 0 Å². The third-order valence-electron chi connectivity index (χ3n) is 2.16. The van der Waals surface area contributed by atoms with Gasteiger partial charge in [-0.25, -0.2) is 15.1 Å². The predicted molar refractivity (Wildman–Crippen MR) is 67.9 cm³/mol. The molecule has 0 radical (unpaired) electrons. The molecule has 0 saturated carbocycles. The molecule has 80 valence electrons. The number of benzene rings is 1. The van der Waals surface area contributed by atoms with E-state index in [9.17, 15) is 0 Å². The zero-order chi connectivity index (χ0) is 12.3. The van der Waals surface area contributed by atoms with E-state index in [1.165, 1.54) is 11.3 Å². The normalized spacial score (nSPS) is 11.4. The van der Waals surface area contributed by atoms with Crippen molar-refractivity contribution in [2.24, 2.45) is 0 Å². The lowest BCUT2D eigenvalue weighted by Crippen LogP contribution is -2.00. The first-order chi connectivity index (χ1) is 8.26. The molecule has 0 spiro atoms. The standard InChI is InChI=1S/C13H7N3S/c1-9-12(10-6-4-3-5-7-10)16-13(17-9)11(8-14)15-2/h3-7H,1H2. The Morgan fingerprint density at radius 3 is 2.71 bits per heavy atom. The van der Waals surface area contributed by atoms with Gasteiger partial charge in [0.25, 0.3) is 5.70 Å². The molecular formula is C13H7N3S. The van der Waals surface area contributed by atoms with E-state index < -0.39 is 0 Å². The van der Waals surface area contributed by atoms with E-state index in [0.717, 1.165) is 15.8 Å². The van der Waals surface area contributed by atoms with Gasteiger partial charge in [-0.05, 0) is 0 Å². The van der Waals surface area contributed by atoms with Crippen molar-refractivity contribution < 1.29 is 0 Å². The number of nitriles is 1. The van der Waals surface area contributed by atoms with Gasteiger partial charge in [0.1, 0.15) is 4.66 Å². The van der Waals surface area contributed by atoms with E-state index in [-0.39, 0.29) is 5.70 Å². The highest BCUT2D eigenvalue weighted by atomic mass is 32.1. The molecule has 4 heteroatoms. The van der Waals surface area contributed by atoms with E-state index in [0.29, 0.717) is 4.66 Å². The number of hydrogen-bond donors (Lipinski definition) is 0. The maximum absolute atomic E-state index is 8.80. The number of hydrogen-bond acceptors (Lipinski definition) is 3. The van der Waals surface area contributed by atoms with Gasteiger partial charge >= 0.3 is 0 Å². The minimum absolute atomic E-state index is 0.0158. The first-order valence-corrected chi connectivity index (χ1v) is 5.61. The van der Waals surface area contributed by atoms with Crippen LogP contribution in [0.25, 0.3) is 28.4 Å². The zero-order valence-corrected chi connectivity index (χ0v) is 9.66. The lowest BCUT2D eigenvalue weighted by molar-refractivity contribution is 1.33. The highest BCUT2D eigenvalue weighted by Gasteiger charge is 2.05. The Bertz CT molecular complexity index is 714. The van der Waals surface area contributed by atoms with E-state index in [1.54, 1.807) is 0 Å². The molecule has 0 saturated heterocycles. The van der Waals surface area contributed by atoms with E-state index >= 15 is 0 Å². The fraction of sp³-hybridized carbons (Fsp3) is 0. The van der Waals surface area contributed by atoms with Gasteiger partial charge in [-0.3, -0.25) is 0 Å². The Hall–Kier alpha value is -2.43. The summed E-state index contributed by atoms with van der Waals surface area (Å²) in [6, 6.07) is 11.4. The lowest BCUT2D eigenvalue weighted by atomic mass is 10.2. The van der Waals surface area contributed by atoms with Gasteiger partial charge in [0.05, 0.1) is 18.3 Å². The average Bonchev–Trinajstić information content (AvgIpc) is 2.74. The fourth-order valence-corrected chi connectivity index (χ4v) is 2.21. The summed E-state index contributed by atoms with van der Waals surface area (Å²) in [4.78, 5) is 7.46.